The average Bonchev–Trinajstić information content (AvgIpc) is 3.31. The summed E-state index contributed by atoms with van der Waals surface area (Å²) in [5, 5.41) is 1.78. The summed E-state index contributed by atoms with van der Waals surface area (Å²) in [6.45, 7) is 2.38. The Morgan fingerprint density at radius 1 is 1.00 bits per heavy atom. The number of hydrogen-bond acceptors (Lipinski definition) is 4. The highest BCUT2D eigenvalue weighted by molar-refractivity contribution is 7.91. The molecular weight excluding hydrogens is 404 g/mol. The minimum absolute atomic E-state index is 0.134. The van der Waals surface area contributed by atoms with Gasteiger partial charge in [0.15, 0.2) is 0 Å². The molecule has 2 saturated heterocycles. The van der Waals surface area contributed by atoms with Crippen LogP contribution in [0.15, 0.2) is 52.1 Å². The van der Waals surface area contributed by atoms with Crippen LogP contribution in [0.1, 0.15) is 31.2 Å². The SMILES string of the molecule is O=C([C@@H]1CCCN(S(=O)(=O)c2cccs2)C1)N1CCC(Cc2ccccc2)CC1. The summed E-state index contributed by atoms with van der Waals surface area (Å²) in [7, 11) is -3.48. The van der Waals surface area contributed by atoms with E-state index >= 15 is 0 Å². The number of sulfonamides is 1. The van der Waals surface area contributed by atoms with E-state index in [1.807, 2.05) is 11.0 Å². The minimum atomic E-state index is -3.48. The minimum Gasteiger partial charge on any atom is -0.342 e. The van der Waals surface area contributed by atoms with Gasteiger partial charge in [-0.05, 0) is 55.0 Å². The van der Waals surface area contributed by atoms with Crippen molar-refractivity contribution in [3.05, 3.63) is 53.4 Å². The van der Waals surface area contributed by atoms with E-state index in [9.17, 15) is 13.2 Å². The van der Waals surface area contributed by atoms with Crippen molar-refractivity contribution < 1.29 is 13.2 Å². The zero-order chi connectivity index (χ0) is 20.3. The zero-order valence-corrected chi connectivity index (χ0v) is 18.2. The highest BCUT2D eigenvalue weighted by Crippen LogP contribution is 2.29. The molecule has 0 saturated carbocycles. The second-order valence-electron chi connectivity index (χ2n) is 8.09. The van der Waals surface area contributed by atoms with Crippen LogP contribution in [0.3, 0.4) is 0 Å². The molecule has 2 aromatic rings. The van der Waals surface area contributed by atoms with Gasteiger partial charge in [-0.3, -0.25) is 4.79 Å². The van der Waals surface area contributed by atoms with Gasteiger partial charge < -0.3 is 4.90 Å². The first-order valence-electron chi connectivity index (χ1n) is 10.4. The van der Waals surface area contributed by atoms with Crippen molar-refractivity contribution in [1.82, 2.24) is 9.21 Å². The highest BCUT2D eigenvalue weighted by atomic mass is 32.2. The van der Waals surface area contributed by atoms with E-state index in [1.54, 1.807) is 17.5 Å². The first-order valence-corrected chi connectivity index (χ1v) is 12.7. The van der Waals surface area contributed by atoms with Crippen molar-refractivity contribution in [2.75, 3.05) is 26.2 Å². The Bertz CT molecular complexity index is 905. The molecule has 7 heteroatoms. The van der Waals surface area contributed by atoms with Crippen LogP contribution >= 0.6 is 11.3 Å². The molecule has 0 bridgehead atoms. The number of amides is 1. The molecule has 0 aliphatic carbocycles. The van der Waals surface area contributed by atoms with Crippen LogP contribution in [0, 0.1) is 11.8 Å². The summed E-state index contributed by atoms with van der Waals surface area (Å²) in [4.78, 5) is 15.0. The summed E-state index contributed by atoms with van der Waals surface area (Å²) >= 11 is 1.24. The molecule has 4 rings (SSSR count). The second-order valence-corrected chi connectivity index (χ2v) is 11.2. The van der Waals surface area contributed by atoms with E-state index in [1.165, 1.54) is 21.2 Å². The van der Waals surface area contributed by atoms with Gasteiger partial charge in [-0.2, -0.15) is 4.31 Å². The van der Waals surface area contributed by atoms with Crippen molar-refractivity contribution in [3.8, 4) is 0 Å². The van der Waals surface area contributed by atoms with Crippen LogP contribution < -0.4 is 0 Å². The molecular formula is C22H28N2O3S2. The van der Waals surface area contributed by atoms with Gasteiger partial charge in [0.25, 0.3) is 10.0 Å². The molecule has 2 aliphatic rings. The van der Waals surface area contributed by atoms with Crippen LogP contribution in [0.25, 0.3) is 0 Å². The van der Waals surface area contributed by atoms with Gasteiger partial charge in [-0.1, -0.05) is 36.4 Å². The molecule has 0 radical (unpaired) electrons. The molecule has 0 N–H and O–H groups in total. The fourth-order valence-corrected chi connectivity index (χ4v) is 7.13. The number of carbonyl (C=O) groups is 1. The second kappa shape index (κ2) is 8.98. The Kier molecular flexibility index (Phi) is 6.37. The summed E-state index contributed by atoms with van der Waals surface area (Å²) in [6, 6.07) is 13.9. The number of rotatable bonds is 5. The molecule has 1 atom stereocenters. The smallest absolute Gasteiger partial charge is 0.252 e. The normalized spacial score (nSPS) is 21.9. The Labute approximate surface area is 177 Å². The van der Waals surface area contributed by atoms with Crippen LogP contribution in [0.5, 0.6) is 0 Å². The largest absolute Gasteiger partial charge is 0.342 e. The van der Waals surface area contributed by atoms with Crippen molar-refractivity contribution in [1.29, 1.82) is 0 Å². The number of hydrogen-bond donors (Lipinski definition) is 0. The van der Waals surface area contributed by atoms with Crippen LogP contribution in [0.4, 0.5) is 0 Å². The predicted molar refractivity (Wildman–Crippen MR) is 115 cm³/mol. The fraction of sp³-hybridized carbons (Fsp3) is 0.500. The number of benzene rings is 1. The van der Waals surface area contributed by atoms with E-state index in [-0.39, 0.29) is 11.8 Å². The first-order chi connectivity index (χ1) is 14.0. The van der Waals surface area contributed by atoms with Crippen molar-refractivity contribution in [2.24, 2.45) is 11.8 Å². The third-order valence-electron chi connectivity index (χ3n) is 6.12. The molecule has 29 heavy (non-hydrogen) atoms. The van der Waals surface area contributed by atoms with E-state index in [2.05, 4.69) is 24.3 Å². The van der Waals surface area contributed by atoms with E-state index < -0.39 is 10.0 Å². The molecule has 1 aromatic carbocycles. The molecule has 0 spiro atoms. The predicted octanol–water partition coefficient (Wildman–Crippen LogP) is 3.63. The van der Waals surface area contributed by atoms with Crippen molar-refractivity contribution in [2.45, 2.75) is 36.3 Å². The standard InChI is InChI=1S/C22H28N2O3S2/c25-22(23-13-10-19(11-14-23)16-18-6-2-1-3-7-18)20-8-4-12-24(17-20)29(26,27)21-9-5-15-28-21/h1-3,5-7,9,15,19-20H,4,8,10-14,16-17H2/t20-/m1/s1. The lowest BCUT2D eigenvalue weighted by Crippen LogP contribution is -2.48. The van der Waals surface area contributed by atoms with E-state index in [0.29, 0.717) is 23.2 Å². The molecule has 5 nitrogen and oxygen atoms in total. The Hall–Kier alpha value is -1.70. The van der Waals surface area contributed by atoms with E-state index in [0.717, 1.165) is 45.2 Å². The number of likely N-dealkylation sites (tertiary alicyclic amines) is 1. The molecule has 1 amide bonds. The molecule has 3 heterocycles. The topological polar surface area (TPSA) is 57.7 Å². The maximum atomic E-state index is 13.1. The van der Waals surface area contributed by atoms with Crippen molar-refractivity contribution in [3.63, 3.8) is 0 Å². The third kappa shape index (κ3) is 4.73. The lowest BCUT2D eigenvalue weighted by atomic mass is 9.89. The zero-order valence-electron chi connectivity index (χ0n) is 16.6. The maximum absolute atomic E-state index is 13.1. The average molecular weight is 433 g/mol. The molecule has 0 unspecified atom stereocenters. The third-order valence-corrected chi connectivity index (χ3v) is 9.35. The Morgan fingerprint density at radius 2 is 1.76 bits per heavy atom. The number of carbonyl (C=O) groups excluding carboxylic acids is 1. The summed E-state index contributed by atoms with van der Waals surface area (Å²) in [5.74, 6) is 0.530. The first kappa shape index (κ1) is 20.6. The lowest BCUT2D eigenvalue weighted by molar-refractivity contribution is -0.138. The van der Waals surface area contributed by atoms with Gasteiger partial charge in [0.05, 0.1) is 5.92 Å². The summed E-state index contributed by atoms with van der Waals surface area (Å²) in [6.07, 6.45) is 4.62. The molecule has 2 fully saturated rings. The van der Waals surface area contributed by atoms with Gasteiger partial charge in [0, 0.05) is 26.2 Å². The number of thiophene rings is 1. The van der Waals surface area contributed by atoms with Gasteiger partial charge in [-0.15, -0.1) is 11.3 Å². The Morgan fingerprint density at radius 3 is 2.45 bits per heavy atom. The summed E-state index contributed by atoms with van der Waals surface area (Å²) < 4.78 is 27.5. The lowest BCUT2D eigenvalue weighted by Gasteiger charge is -2.37. The van der Waals surface area contributed by atoms with Gasteiger partial charge in [0.1, 0.15) is 4.21 Å². The molecule has 1 aromatic heterocycles. The van der Waals surface area contributed by atoms with Crippen molar-refractivity contribution >= 4 is 27.3 Å². The molecule has 156 valence electrons. The Balaban J connectivity index is 1.33. The van der Waals surface area contributed by atoms with Gasteiger partial charge in [0.2, 0.25) is 5.91 Å². The number of piperidine rings is 2. The van der Waals surface area contributed by atoms with Gasteiger partial charge in [-0.25, -0.2) is 8.42 Å². The number of nitrogens with zero attached hydrogens (tertiary/aromatic N) is 2. The fourth-order valence-electron chi connectivity index (χ4n) is 4.46. The monoisotopic (exact) mass is 432 g/mol. The van der Waals surface area contributed by atoms with Crippen LogP contribution in [0.2, 0.25) is 0 Å². The van der Waals surface area contributed by atoms with Gasteiger partial charge >= 0.3 is 0 Å². The summed E-state index contributed by atoms with van der Waals surface area (Å²) in [5.41, 5.74) is 1.36. The van der Waals surface area contributed by atoms with E-state index in [4.69, 9.17) is 0 Å². The molecule has 2 aliphatic heterocycles. The van der Waals surface area contributed by atoms with Crippen LogP contribution in [-0.4, -0.2) is 49.7 Å². The van der Waals surface area contributed by atoms with Crippen LogP contribution in [-0.2, 0) is 21.2 Å². The maximum Gasteiger partial charge on any atom is 0.252 e. The highest BCUT2D eigenvalue weighted by Gasteiger charge is 2.36. The quantitative estimate of drug-likeness (QED) is 0.725.